The van der Waals surface area contributed by atoms with Gasteiger partial charge in [-0.25, -0.2) is 9.59 Å². The van der Waals surface area contributed by atoms with Gasteiger partial charge in [0.15, 0.2) is 6.04 Å². The predicted octanol–water partition coefficient (Wildman–Crippen LogP) is -0.964. The van der Waals surface area contributed by atoms with Gasteiger partial charge in [-0.3, -0.25) is 4.79 Å². The molecule has 0 saturated heterocycles. The van der Waals surface area contributed by atoms with Crippen LogP contribution in [0.4, 0.5) is 4.79 Å². The Hall–Kier alpha value is -1.83. The standard InChI is InChI=1S/C11H21N3O5/c1-3-7(2)13-9(16)4-5-12-11(19)14-8(6-15)10(17)18/h7-8,15H,3-6H2,1-2H3,(H,13,16)(H,17,18)(H2,12,14,19)/t7?,8-/m1/s1. The third kappa shape index (κ3) is 7.98. The minimum Gasteiger partial charge on any atom is -0.480 e. The molecular weight excluding hydrogens is 254 g/mol. The van der Waals surface area contributed by atoms with Crippen LogP contribution in [0.15, 0.2) is 0 Å². The average molecular weight is 275 g/mol. The maximum Gasteiger partial charge on any atom is 0.328 e. The number of aliphatic hydroxyl groups is 1. The van der Waals surface area contributed by atoms with Crippen molar-refractivity contribution in [3.05, 3.63) is 0 Å². The first kappa shape index (κ1) is 17.2. The third-order valence-corrected chi connectivity index (χ3v) is 2.44. The third-order valence-electron chi connectivity index (χ3n) is 2.44. The van der Waals surface area contributed by atoms with E-state index in [1.54, 1.807) is 0 Å². The summed E-state index contributed by atoms with van der Waals surface area (Å²) >= 11 is 0. The molecule has 19 heavy (non-hydrogen) atoms. The molecule has 3 amide bonds. The van der Waals surface area contributed by atoms with Gasteiger partial charge in [0.05, 0.1) is 6.61 Å². The molecule has 0 aliphatic rings. The van der Waals surface area contributed by atoms with Gasteiger partial charge in [-0.05, 0) is 13.3 Å². The van der Waals surface area contributed by atoms with Crippen molar-refractivity contribution in [3.8, 4) is 0 Å². The van der Waals surface area contributed by atoms with Gasteiger partial charge in [0, 0.05) is 19.0 Å². The van der Waals surface area contributed by atoms with Crippen molar-refractivity contribution in [3.63, 3.8) is 0 Å². The summed E-state index contributed by atoms with van der Waals surface area (Å²) in [6.45, 7) is 3.21. The lowest BCUT2D eigenvalue weighted by molar-refractivity contribution is -0.140. The molecule has 5 N–H and O–H groups in total. The number of rotatable bonds is 8. The zero-order valence-corrected chi connectivity index (χ0v) is 11.1. The van der Waals surface area contributed by atoms with Gasteiger partial charge < -0.3 is 26.2 Å². The van der Waals surface area contributed by atoms with E-state index in [1.807, 2.05) is 13.8 Å². The van der Waals surface area contributed by atoms with Crippen LogP contribution >= 0.6 is 0 Å². The molecule has 0 aromatic heterocycles. The van der Waals surface area contributed by atoms with E-state index in [0.717, 1.165) is 6.42 Å². The largest absolute Gasteiger partial charge is 0.480 e. The first-order valence-corrected chi connectivity index (χ1v) is 6.08. The Morgan fingerprint density at radius 1 is 1.21 bits per heavy atom. The van der Waals surface area contributed by atoms with E-state index >= 15 is 0 Å². The van der Waals surface area contributed by atoms with Crippen molar-refractivity contribution < 1.29 is 24.6 Å². The summed E-state index contributed by atoms with van der Waals surface area (Å²) in [5.74, 6) is -1.52. The van der Waals surface area contributed by atoms with Crippen molar-refractivity contribution in [2.75, 3.05) is 13.2 Å². The number of aliphatic carboxylic acids is 1. The number of amides is 3. The molecule has 0 saturated carbocycles. The molecule has 0 rings (SSSR count). The zero-order chi connectivity index (χ0) is 14.8. The molecule has 0 fully saturated rings. The summed E-state index contributed by atoms with van der Waals surface area (Å²) in [6, 6.07) is -2.01. The van der Waals surface area contributed by atoms with E-state index in [1.165, 1.54) is 0 Å². The number of aliphatic hydroxyl groups excluding tert-OH is 1. The lowest BCUT2D eigenvalue weighted by Crippen LogP contribution is -2.48. The van der Waals surface area contributed by atoms with Crippen LogP contribution in [0.2, 0.25) is 0 Å². The Kier molecular flexibility index (Phi) is 8.27. The maximum absolute atomic E-state index is 11.4. The number of nitrogens with one attached hydrogen (secondary N) is 3. The molecule has 0 radical (unpaired) electrons. The van der Waals surface area contributed by atoms with Crippen LogP contribution in [0.1, 0.15) is 26.7 Å². The Labute approximate surface area is 111 Å². The molecule has 0 aliphatic heterocycles. The fourth-order valence-electron chi connectivity index (χ4n) is 1.13. The molecule has 0 aliphatic carbocycles. The summed E-state index contributed by atoms with van der Waals surface area (Å²) in [5.41, 5.74) is 0. The number of carbonyl (C=O) groups is 3. The van der Waals surface area contributed by atoms with Gasteiger partial charge in [-0.15, -0.1) is 0 Å². The van der Waals surface area contributed by atoms with E-state index in [9.17, 15) is 14.4 Å². The molecule has 2 atom stereocenters. The summed E-state index contributed by atoms with van der Waals surface area (Å²) in [7, 11) is 0. The number of hydrogen-bond acceptors (Lipinski definition) is 4. The zero-order valence-electron chi connectivity index (χ0n) is 11.1. The Morgan fingerprint density at radius 2 is 1.84 bits per heavy atom. The first-order chi connectivity index (χ1) is 8.90. The van der Waals surface area contributed by atoms with Crippen molar-refractivity contribution in [1.29, 1.82) is 0 Å². The van der Waals surface area contributed by atoms with Crippen LogP contribution < -0.4 is 16.0 Å². The monoisotopic (exact) mass is 275 g/mol. The highest BCUT2D eigenvalue weighted by Crippen LogP contribution is 1.89. The highest BCUT2D eigenvalue weighted by atomic mass is 16.4. The second-order valence-electron chi connectivity index (χ2n) is 4.10. The van der Waals surface area contributed by atoms with Crippen LogP contribution in [0, 0.1) is 0 Å². The lowest BCUT2D eigenvalue weighted by Gasteiger charge is -2.13. The fourth-order valence-corrected chi connectivity index (χ4v) is 1.13. The SMILES string of the molecule is CCC(C)NC(=O)CCNC(=O)N[C@H](CO)C(=O)O. The van der Waals surface area contributed by atoms with Crippen LogP contribution in [0.5, 0.6) is 0 Å². The summed E-state index contributed by atoms with van der Waals surface area (Å²) < 4.78 is 0. The molecule has 110 valence electrons. The summed E-state index contributed by atoms with van der Waals surface area (Å²) in [6.07, 6.45) is 0.922. The van der Waals surface area contributed by atoms with Gasteiger partial charge in [-0.1, -0.05) is 6.92 Å². The normalized spacial score (nSPS) is 13.2. The molecule has 8 nitrogen and oxygen atoms in total. The van der Waals surface area contributed by atoms with Gasteiger partial charge in [0.1, 0.15) is 0 Å². The summed E-state index contributed by atoms with van der Waals surface area (Å²) in [5, 5.41) is 24.4. The molecule has 1 unspecified atom stereocenters. The topological polar surface area (TPSA) is 128 Å². The number of carboxylic acids is 1. The van der Waals surface area contributed by atoms with Gasteiger partial charge in [0.2, 0.25) is 5.91 Å². The van der Waals surface area contributed by atoms with E-state index in [0.29, 0.717) is 0 Å². The number of carbonyl (C=O) groups excluding carboxylic acids is 2. The molecule has 0 heterocycles. The quantitative estimate of drug-likeness (QED) is 0.389. The van der Waals surface area contributed by atoms with E-state index < -0.39 is 24.6 Å². The average Bonchev–Trinajstić information content (AvgIpc) is 2.35. The van der Waals surface area contributed by atoms with E-state index in [4.69, 9.17) is 10.2 Å². The van der Waals surface area contributed by atoms with Crippen LogP contribution in [0.25, 0.3) is 0 Å². The van der Waals surface area contributed by atoms with Crippen LogP contribution in [0.3, 0.4) is 0 Å². The van der Waals surface area contributed by atoms with Crippen molar-refractivity contribution in [2.24, 2.45) is 0 Å². The Morgan fingerprint density at radius 3 is 2.32 bits per heavy atom. The highest BCUT2D eigenvalue weighted by molar-refractivity contribution is 5.83. The second-order valence-corrected chi connectivity index (χ2v) is 4.10. The molecule has 0 bridgehead atoms. The highest BCUT2D eigenvalue weighted by Gasteiger charge is 2.18. The number of hydrogen-bond donors (Lipinski definition) is 5. The lowest BCUT2D eigenvalue weighted by atomic mass is 10.2. The maximum atomic E-state index is 11.4. The molecule has 0 aromatic carbocycles. The molecule has 0 spiro atoms. The molecular formula is C11H21N3O5. The second kappa shape index (κ2) is 9.15. The van der Waals surface area contributed by atoms with Crippen LogP contribution in [-0.2, 0) is 9.59 Å². The van der Waals surface area contributed by atoms with Crippen molar-refractivity contribution in [1.82, 2.24) is 16.0 Å². The number of urea groups is 1. The Balaban J connectivity index is 3.85. The van der Waals surface area contributed by atoms with Gasteiger partial charge in [-0.2, -0.15) is 0 Å². The number of carboxylic acid groups (broad SMARTS) is 1. The first-order valence-electron chi connectivity index (χ1n) is 6.08. The molecule has 8 heteroatoms. The van der Waals surface area contributed by atoms with Gasteiger partial charge >= 0.3 is 12.0 Å². The minimum atomic E-state index is -1.35. The fraction of sp³-hybridized carbons (Fsp3) is 0.727. The van der Waals surface area contributed by atoms with Crippen molar-refractivity contribution >= 4 is 17.9 Å². The van der Waals surface area contributed by atoms with Gasteiger partial charge in [0.25, 0.3) is 0 Å². The Bertz CT molecular complexity index is 321. The predicted molar refractivity (Wildman–Crippen MR) is 67.6 cm³/mol. The smallest absolute Gasteiger partial charge is 0.328 e. The minimum absolute atomic E-state index is 0.0760. The summed E-state index contributed by atoms with van der Waals surface area (Å²) in [4.78, 5) is 33.1. The van der Waals surface area contributed by atoms with Crippen molar-refractivity contribution in [2.45, 2.75) is 38.8 Å². The van der Waals surface area contributed by atoms with E-state index in [-0.39, 0.29) is 24.9 Å². The van der Waals surface area contributed by atoms with E-state index in [2.05, 4.69) is 16.0 Å². The van der Waals surface area contributed by atoms with Crippen LogP contribution in [-0.4, -0.2) is 53.4 Å². The molecule has 0 aromatic rings.